The van der Waals surface area contributed by atoms with Crippen LogP contribution in [0.4, 0.5) is 17.2 Å². The predicted octanol–water partition coefficient (Wildman–Crippen LogP) is 4.23. The number of aromatic nitrogens is 3. The lowest BCUT2D eigenvalue weighted by atomic mass is 10.0. The molecule has 9 nitrogen and oxygen atoms in total. The standard InChI is InChI=1S/C24H16ClN5O4/c25-19-11-16(3-5-17(19)23(34)14-2-1-9-26-12-14)30-24-18-10-15(4-6-20(18)27-13-28-24)29-21(31)7-8-22(32)33/h1-13H,(H,29,31)(H,32,33)(H,27,28,30). The van der Waals surface area contributed by atoms with Crippen molar-refractivity contribution in [1.82, 2.24) is 15.0 Å². The number of hydrogen-bond donors (Lipinski definition) is 3. The van der Waals surface area contributed by atoms with Gasteiger partial charge >= 0.3 is 5.97 Å². The van der Waals surface area contributed by atoms with Gasteiger partial charge in [0, 0.05) is 52.4 Å². The van der Waals surface area contributed by atoms with E-state index in [2.05, 4.69) is 25.6 Å². The molecule has 1 amide bonds. The largest absolute Gasteiger partial charge is 0.478 e. The van der Waals surface area contributed by atoms with Gasteiger partial charge < -0.3 is 15.7 Å². The van der Waals surface area contributed by atoms with Gasteiger partial charge in [0.05, 0.1) is 10.5 Å². The molecule has 0 radical (unpaired) electrons. The van der Waals surface area contributed by atoms with E-state index in [0.29, 0.717) is 39.2 Å². The van der Waals surface area contributed by atoms with Crippen LogP contribution in [0.3, 0.4) is 0 Å². The number of anilines is 3. The topological polar surface area (TPSA) is 134 Å². The molecule has 3 N–H and O–H groups in total. The van der Waals surface area contributed by atoms with Gasteiger partial charge in [-0.3, -0.25) is 14.6 Å². The number of carbonyl (C=O) groups excluding carboxylic acids is 2. The summed E-state index contributed by atoms with van der Waals surface area (Å²) in [5.74, 6) is -1.60. The second-order valence-corrected chi connectivity index (χ2v) is 7.41. The summed E-state index contributed by atoms with van der Waals surface area (Å²) in [6, 6.07) is 13.3. The van der Waals surface area contributed by atoms with Crippen LogP contribution >= 0.6 is 11.6 Å². The molecular weight excluding hydrogens is 458 g/mol. The minimum atomic E-state index is -1.22. The van der Waals surface area contributed by atoms with Crippen molar-refractivity contribution in [2.24, 2.45) is 0 Å². The average molecular weight is 474 g/mol. The number of carboxylic acid groups (broad SMARTS) is 1. The molecule has 10 heteroatoms. The first-order chi connectivity index (χ1) is 16.4. The molecule has 0 saturated heterocycles. The summed E-state index contributed by atoms with van der Waals surface area (Å²) in [6.45, 7) is 0. The number of carbonyl (C=O) groups is 3. The van der Waals surface area contributed by atoms with Crippen LogP contribution in [0, 0.1) is 0 Å². The van der Waals surface area contributed by atoms with E-state index in [-0.39, 0.29) is 10.8 Å². The lowest BCUT2D eigenvalue weighted by Gasteiger charge is -2.11. The molecule has 0 atom stereocenters. The number of carboxylic acids is 1. The van der Waals surface area contributed by atoms with Crippen LogP contribution in [0.1, 0.15) is 15.9 Å². The van der Waals surface area contributed by atoms with Gasteiger partial charge in [-0.1, -0.05) is 11.6 Å². The number of rotatable bonds is 7. The highest BCUT2D eigenvalue weighted by molar-refractivity contribution is 6.35. The third-order valence-electron chi connectivity index (χ3n) is 4.68. The highest BCUT2D eigenvalue weighted by Gasteiger charge is 2.14. The molecule has 0 aliphatic carbocycles. The number of aliphatic carboxylic acids is 1. The Balaban J connectivity index is 1.59. The summed E-state index contributed by atoms with van der Waals surface area (Å²) in [4.78, 5) is 47.6. The SMILES string of the molecule is O=C(O)C=CC(=O)Nc1ccc2ncnc(Nc3ccc(C(=O)c4cccnc4)c(Cl)c3)c2c1. The fourth-order valence-corrected chi connectivity index (χ4v) is 3.40. The van der Waals surface area contributed by atoms with E-state index in [9.17, 15) is 14.4 Å². The number of amides is 1. The maximum Gasteiger partial charge on any atom is 0.328 e. The molecule has 168 valence electrons. The number of nitrogens with one attached hydrogen (secondary N) is 2. The number of hydrogen-bond acceptors (Lipinski definition) is 7. The van der Waals surface area contributed by atoms with Crippen LogP contribution in [-0.4, -0.2) is 37.7 Å². The molecule has 2 aromatic carbocycles. The summed E-state index contributed by atoms with van der Waals surface area (Å²) in [5, 5.41) is 15.3. The Morgan fingerprint density at radius 1 is 0.971 bits per heavy atom. The second kappa shape index (κ2) is 9.88. The van der Waals surface area contributed by atoms with Gasteiger partial charge in [0.1, 0.15) is 12.1 Å². The van der Waals surface area contributed by atoms with Gasteiger partial charge in [0.25, 0.3) is 0 Å². The van der Waals surface area contributed by atoms with E-state index in [4.69, 9.17) is 16.7 Å². The Labute approximate surface area is 198 Å². The van der Waals surface area contributed by atoms with E-state index in [1.807, 2.05) is 0 Å². The maximum absolute atomic E-state index is 12.7. The zero-order chi connectivity index (χ0) is 24.1. The second-order valence-electron chi connectivity index (χ2n) is 7.01. The predicted molar refractivity (Wildman–Crippen MR) is 127 cm³/mol. The molecule has 0 bridgehead atoms. The zero-order valence-corrected chi connectivity index (χ0v) is 18.2. The van der Waals surface area contributed by atoms with Crippen molar-refractivity contribution in [1.29, 1.82) is 0 Å². The van der Waals surface area contributed by atoms with Crippen molar-refractivity contribution in [3.8, 4) is 0 Å². The molecule has 4 rings (SSSR count). The number of benzene rings is 2. The quantitative estimate of drug-likeness (QED) is 0.268. The number of halogens is 1. The highest BCUT2D eigenvalue weighted by atomic mass is 35.5. The number of ketones is 1. The molecule has 4 aromatic rings. The van der Waals surface area contributed by atoms with Crippen molar-refractivity contribution in [3.05, 3.63) is 95.6 Å². The van der Waals surface area contributed by atoms with E-state index < -0.39 is 11.9 Å². The fourth-order valence-electron chi connectivity index (χ4n) is 3.13. The molecule has 2 heterocycles. The molecule has 0 aliphatic heterocycles. The third-order valence-corrected chi connectivity index (χ3v) is 4.99. The van der Waals surface area contributed by atoms with Gasteiger partial charge in [0.2, 0.25) is 5.91 Å². The van der Waals surface area contributed by atoms with Crippen molar-refractivity contribution < 1.29 is 19.5 Å². The first-order valence-corrected chi connectivity index (χ1v) is 10.3. The Kier molecular flexibility index (Phi) is 6.56. The Morgan fingerprint density at radius 2 is 1.79 bits per heavy atom. The van der Waals surface area contributed by atoms with Crippen molar-refractivity contribution in [2.45, 2.75) is 0 Å². The molecule has 2 aromatic heterocycles. The number of fused-ring (bicyclic) bond motifs is 1. The third kappa shape index (κ3) is 5.22. The van der Waals surface area contributed by atoms with E-state index >= 15 is 0 Å². The first-order valence-electron chi connectivity index (χ1n) is 9.89. The Hall–Kier alpha value is -4.63. The summed E-state index contributed by atoms with van der Waals surface area (Å²) < 4.78 is 0. The monoisotopic (exact) mass is 473 g/mol. The first kappa shape index (κ1) is 22.6. The summed E-state index contributed by atoms with van der Waals surface area (Å²) in [5.41, 5.74) is 2.41. The van der Waals surface area contributed by atoms with Crippen LogP contribution in [0.25, 0.3) is 10.9 Å². The zero-order valence-electron chi connectivity index (χ0n) is 17.4. The number of pyridine rings is 1. The van der Waals surface area contributed by atoms with E-state index in [1.54, 1.807) is 54.7 Å². The number of nitrogens with zero attached hydrogens (tertiary/aromatic N) is 3. The van der Waals surface area contributed by atoms with Gasteiger partial charge in [0.15, 0.2) is 5.78 Å². The van der Waals surface area contributed by atoms with Gasteiger partial charge in [-0.15, -0.1) is 0 Å². The highest BCUT2D eigenvalue weighted by Crippen LogP contribution is 2.29. The molecule has 0 unspecified atom stereocenters. The molecule has 0 aliphatic rings. The molecule has 0 spiro atoms. The average Bonchev–Trinajstić information content (AvgIpc) is 2.83. The van der Waals surface area contributed by atoms with Gasteiger partial charge in [-0.05, 0) is 48.5 Å². The molecular formula is C24H16ClN5O4. The van der Waals surface area contributed by atoms with Crippen molar-refractivity contribution >= 4 is 57.4 Å². The minimum absolute atomic E-state index is 0.241. The lowest BCUT2D eigenvalue weighted by molar-refractivity contribution is -0.131. The van der Waals surface area contributed by atoms with Crippen molar-refractivity contribution in [2.75, 3.05) is 10.6 Å². The van der Waals surface area contributed by atoms with Gasteiger partial charge in [-0.25, -0.2) is 14.8 Å². The maximum atomic E-state index is 12.7. The summed E-state index contributed by atoms with van der Waals surface area (Å²) >= 11 is 6.38. The van der Waals surface area contributed by atoms with Gasteiger partial charge in [-0.2, -0.15) is 0 Å². The van der Waals surface area contributed by atoms with E-state index in [1.165, 1.54) is 12.5 Å². The van der Waals surface area contributed by atoms with Crippen LogP contribution in [-0.2, 0) is 9.59 Å². The van der Waals surface area contributed by atoms with Crippen LogP contribution in [0.15, 0.2) is 79.4 Å². The molecule has 0 fully saturated rings. The minimum Gasteiger partial charge on any atom is -0.478 e. The van der Waals surface area contributed by atoms with Crippen LogP contribution in [0.5, 0.6) is 0 Å². The molecule has 0 saturated carbocycles. The van der Waals surface area contributed by atoms with Crippen LogP contribution < -0.4 is 10.6 Å². The van der Waals surface area contributed by atoms with Crippen molar-refractivity contribution in [3.63, 3.8) is 0 Å². The smallest absolute Gasteiger partial charge is 0.328 e. The lowest BCUT2D eigenvalue weighted by Crippen LogP contribution is -2.08. The fraction of sp³-hybridized carbons (Fsp3) is 0. The summed E-state index contributed by atoms with van der Waals surface area (Å²) in [6.07, 6.45) is 6.12. The molecule has 34 heavy (non-hydrogen) atoms. The normalized spacial score (nSPS) is 10.9. The van der Waals surface area contributed by atoms with E-state index in [0.717, 1.165) is 12.2 Å². The summed E-state index contributed by atoms with van der Waals surface area (Å²) in [7, 11) is 0. The Bertz CT molecular complexity index is 1440. The van der Waals surface area contributed by atoms with Crippen LogP contribution in [0.2, 0.25) is 5.02 Å². The Morgan fingerprint density at radius 3 is 2.53 bits per heavy atom.